The largest absolute Gasteiger partial charge is 0.416 e. The van der Waals surface area contributed by atoms with Crippen LogP contribution >= 0.6 is 0 Å². The number of Topliss-reactive ketones (excluding diaryl/α,β-unsaturated/α-hetero) is 2. The number of carbonyl (C=O) groups is 2. The lowest BCUT2D eigenvalue weighted by atomic mass is 9.64. The van der Waals surface area contributed by atoms with Crippen molar-refractivity contribution < 1.29 is 27.9 Å². The van der Waals surface area contributed by atoms with Gasteiger partial charge in [-0.3, -0.25) is 9.59 Å². The third-order valence-electron chi connectivity index (χ3n) is 12.2. The molecule has 2 aromatic carbocycles. The first-order valence-electron chi connectivity index (χ1n) is 18.5. The zero-order chi connectivity index (χ0) is 37.8. The summed E-state index contributed by atoms with van der Waals surface area (Å²) in [5, 5.41) is 19.0. The van der Waals surface area contributed by atoms with Crippen LogP contribution in [-0.2, 0) is 26.9 Å². The van der Waals surface area contributed by atoms with Crippen molar-refractivity contribution in [2.45, 2.75) is 90.3 Å². The number of rotatable bonds is 6. The van der Waals surface area contributed by atoms with Crippen LogP contribution < -0.4 is 0 Å². The number of hydrogen-bond donors (Lipinski definition) is 1. The van der Waals surface area contributed by atoms with E-state index in [9.17, 15) is 23.5 Å². The fourth-order valence-electron chi connectivity index (χ4n) is 7.98. The SMILES string of the molecule is CC(C)(C)[Si](C)(C)OC[C@@]12CC(=O)CCC1=Cc1c(cnn1-c1ccc(F)cc1)C2.O=C1CCC2=Cc3c(cnn3-c3ccc(F)cc3)C[C@]2(CO)C1. The van der Waals surface area contributed by atoms with E-state index in [1.54, 1.807) is 35.1 Å². The molecule has 2 atom stereocenters. The van der Waals surface area contributed by atoms with Gasteiger partial charge in [0.05, 0.1) is 41.8 Å². The number of nitrogens with zero attached hydrogens (tertiary/aromatic N) is 4. The van der Waals surface area contributed by atoms with Crippen LogP contribution in [0.4, 0.5) is 8.78 Å². The van der Waals surface area contributed by atoms with E-state index in [4.69, 9.17) is 4.43 Å². The molecule has 2 heterocycles. The molecule has 1 N–H and O–H groups in total. The van der Waals surface area contributed by atoms with Crippen molar-refractivity contribution >= 4 is 32.0 Å². The number of halogens is 2. The van der Waals surface area contributed by atoms with Gasteiger partial charge >= 0.3 is 0 Å². The van der Waals surface area contributed by atoms with Gasteiger partial charge in [0, 0.05) is 43.1 Å². The summed E-state index contributed by atoms with van der Waals surface area (Å²) in [7, 11) is -1.93. The predicted octanol–water partition coefficient (Wildman–Crippen LogP) is 8.39. The van der Waals surface area contributed by atoms with Gasteiger partial charge in [-0.2, -0.15) is 10.2 Å². The molecule has 0 aliphatic heterocycles. The van der Waals surface area contributed by atoms with Gasteiger partial charge in [-0.1, -0.05) is 31.9 Å². The normalized spacial score (nSPS) is 22.4. The van der Waals surface area contributed by atoms with E-state index >= 15 is 0 Å². The van der Waals surface area contributed by atoms with Crippen LogP contribution in [0.25, 0.3) is 23.5 Å². The van der Waals surface area contributed by atoms with Crippen molar-refractivity contribution in [1.29, 1.82) is 0 Å². The zero-order valence-corrected chi connectivity index (χ0v) is 32.2. The minimum atomic E-state index is -1.93. The Morgan fingerprint density at radius 2 is 1.15 bits per heavy atom. The first-order chi connectivity index (χ1) is 25.1. The van der Waals surface area contributed by atoms with Crippen LogP contribution in [0.2, 0.25) is 18.1 Å². The lowest BCUT2D eigenvalue weighted by Crippen LogP contribution is -2.47. The minimum Gasteiger partial charge on any atom is -0.416 e. The Bertz CT molecular complexity index is 2110. The molecule has 0 radical (unpaired) electrons. The fraction of sp³-hybridized carbons (Fsp3) is 0.429. The monoisotopic (exact) mass is 738 g/mol. The standard InChI is InChI=1S/C24H31FN2O2Si.C18H17FN2O2/c1-23(2,3)30(4,5)29-16-24-13-17-15-26-27(20-9-7-19(25)8-10-20)22(17)12-18(24)6-11-21(28)14-24;19-14-2-4-15(5-3-14)21-17-7-13-1-6-16(23)9-18(13,11-22)8-12(17)10-20-21/h7-10,12,15H,6,11,13-14,16H2,1-5H3;2-5,7,10,22H,1,6,8-9,11H2/t24-;18-/m11/s1. The summed E-state index contributed by atoms with van der Waals surface area (Å²) in [6.45, 7) is 11.8. The third-order valence-corrected chi connectivity index (χ3v) is 16.7. The highest BCUT2D eigenvalue weighted by Crippen LogP contribution is 2.49. The molecule has 4 aliphatic carbocycles. The minimum absolute atomic E-state index is 0.0221. The van der Waals surface area contributed by atoms with Crippen molar-refractivity contribution in [2.24, 2.45) is 10.8 Å². The summed E-state index contributed by atoms with van der Waals surface area (Å²) in [6.07, 6.45) is 12.8. The van der Waals surface area contributed by atoms with Crippen LogP contribution in [0.5, 0.6) is 0 Å². The number of hydrogen-bond acceptors (Lipinski definition) is 6. The molecule has 8 nitrogen and oxygen atoms in total. The van der Waals surface area contributed by atoms with Gasteiger partial charge in [0.1, 0.15) is 23.2 Å². The van der Waals surface area contributed by atoms with Crippen molar-refractivity contribution in [2.75, 3.05) is 13.2 Å². The average molecular weight is 739 g/mol. The van der Waals surface area contributed by atoms with Crippen molar-refractivity contribution in [3.05, 3.63) is 106 Å². The number of carbonyl (C=O) groups excluding carboxylic acids is 2. The molecule has 4 aliphatic rings. The van der Waals surface area contributed by atoms with E-state index in [1.807, 2.05) is 10.9 Å². The zero-order valence-electron chi connectivity index (χ0n) is 31.2. The Hall–Kier alpha value is -4.32. The van der Waals surface area contributed by atoms with Gasteiger partial charge < -0.3 is 9.53 Å². The quantitative estimate of drug-likeness (QED) is 0.200. The Morgan fingerprint density at radius 1 is 0.717 bits per heavy atom. The van der Waals surface area contributed by atoms with E-state index in [-0.39, 0.29) is 34.5 Å². The van der Waals surface area contributed by atoms with Gasteiger partial charge in [0.2, 0.25) is 0 Å². The maximum absolute atomic E-state index is 13.4. The molecular formula is C42H48F2N4O4Si. The van der Waals surface area contributed by atoms with E-state index in [0.717, 1.165) is 52.3 Å². The highest BCUT2D eigenvalue weighted by Gasteiger charge is 2.47. The topological polar surface area (TPSA) is 99.2 Å². The molecule has 0 saturated heterocycles. The Kier molecular flexibility index (Phi) is 9.66. The average Bonchev–Trinajstić information content (AvgIpc) is 3.72. The van der Waals surface area contributed by atoms with Gasteiger partial charge in [-0.05, 0) is 116 Å². The first-order valence-corrected chi connectivity index (χ1v) is 21.4. The fourth-order valence-corrected chi connectivity index (χ4v) is 9.05. The second-order valence-corrected chi connectivity index (χ2v) is 21.6. The van der Waals surface area contributed by atoms with Crippen LogP contribution in [0.1, 0.15) is 81.8 Å². The number of aliphatic hydroxyl groups is 1. The summed E-state index contributed by atoms with van der Waals surface area (Å²) in [6, 6.07) is 12.6. The van der Waals surface area contributed by atoms with Gasteiger partial charge in [-0.25, -0.2) is 18.1 Å². The van der Waals surface area contributed by atoms with Crippen molar-refractivity contribution in [3.63, 3.8) is 0 Å². The Morgan fingerprint density at radius 3 is 1.60 bits per heavy atom. The predicted molar refractivity (Wildman–Crippen MR) is 203 cm³/mol. The molecule has 2 fully saturated rings. The Labute approximate surface area is 310 Å². The summed E-state index contributed by atoms with van der Waals surface area (Å²) >= 11 is 0. The summed E-state index contributed by atoms with van der Waals surface area (Å²) in [5.41, 5.74) is 7.46. The summed E-state index contributed by atoms with van der Waals surface area (Å²) < 4.78 is 36.8. The van der Waals surface area contributed by atoms with Gasteiger partial charge in [-0.15, -0.1) is 0 Å². The second-order valence-electron chi connectivity index (χ2n) is 16.8. The lowest BCUT2D eigenvalue weighted by Gasteiger charge is -2.45. The van der Waals surface area contributed by atoms with E-state index < -0.39 is 13.7 Å². The lowest BCUT2D eigenvalue weighted by molar-refractivity contribution is -0.123. The molecule has 0 unspecified atom stereocenters. The summed E-state index contributed by atoms with van der Waals surface area (Å²) in [5.74, 6) is -0.00475. The second kappa shape index (κ2) is 13.8. The molecule has 0 spiro atoms. The van der Waals surface area contributed by atoms with Crippen LogP contribution in [-0.4, -0.2) is 57.8 Å². The first kappa shape index (κ1) is 37.0. The molecule has 4 aromatic rings. The maximum atomic E-state index is 13.4. The highest BCUT2D eigenvalue weighted by atomic mass is 28.4. The van der Waals surface area contributed by atoms with E-state index in [0.29, 0.717) is 50.9 Å². The number of aromatic nitrogens is 4. The molecular weight excluding hydrogens is 691 g/mol. The van der Waals surface area contributed by atoms with E-state index in [2.05, 4.69) is 56.2 Å². The molecule has 0 amide bonds. The number of fused-ring (bicyclic) bond motifs is 4. The van der Waals surface area contributed by atoms with Crippen molar-refractivity contribution in [1.82, 2.24) is 19.6 Å². The molecule has 8 rings (SSSR count). The van der Waals surface area contributed by atoms with Crippen LogP contribution in [0.3, 0.4) is 0 Å². The van der Waals surface area contributed by atoms with Crippen LogP contribution in [0.15, 0.2) is 72.1 Å². The summed E-state index contributed by atoms with van der Waals surface area (Å²) in [4.78, 5) is 24.3. The molecule has 11 heteroatoms. The molecule has 278 valence electrons. The molecule has 53 heavy (non-hydrogen) atoms. The molecule has 2 saturated carbocycles. The van der Waals surface area contributed by atoms with E-state index in [1.165, 1.54) is 29.8 Å². The van der Waals surface area contributed by atoms with Crippen molar-refractivity contribution in [3.8, 4) is 11.4 Å². The number of aliphatic hydroxyl groups excluding tert-OH is 1. The number of ketones is 2. The highest BCUT2D eigenvalue weighted by molar-refractivity contribution is 6.74. The molecule has 2 aromatic heterocycles. The third kappa shape index (κ3) is 7.06. The Balaban J connectivity index is 0.000000170. The maximum Gasteiger partial charge on any atom is 0.192 e. The number of benzene rings is 2. The van der Waals surface area contributed by atoms with Gasteiger partial charge in [0.15, 0.2) is 8.32 Å². The smallest absolute Gasteiger partial charge is 0.192 e. The molecule has 0 bridgehead atoms. The van der Waals surface area contributed by atoms with Crippen LogP contribution in [0, 0.1) is 22.5 Å². The van der Waals surface area contributed by atoms with Gasteiger partial charge in [0.25, 0.3) is 0 Å².